The zero-order chi connectivity index (χ0) is 14.1. The summed E-state index contributed by atoms with van der Waals surface area (Å²) in [5.74, 6) is 0.960. The molecule has 0 aromatic carbocycles. The molecule has 7 heteroatoms. The Morgan fingerprint density at radius 2 is 1.86 bits per heavy atom. The van der Waals surface area contributed by atoms with E-state index >= 15 is 0 Å². The van der Waals surface area contributed by atoms with Crippen LogP contribution in [0.25, 0.3) is 0 Å². The van der Waals surface area contributed by atoms with Crippen LogP contribution in [0.3, 0.4) is 0 Å². The number of carbonyl (C=O) groups is 1. The lowest BCUT2D eigenvalue weighted by molar-refractivity contribution is -0.122. The van der Waals surface area contributed by atoms with Crippen LogP contribution in [0.4, 0.5) is 10.2 Å². The number of hydrogen-bond acceptors (Lipinski definition) is 3. The second-order valence-electron chi connectivity index (χ2n) is 6.05. The molecule has 124 valence electrons. The zero-order valence-electron chi connectivity index (χ0n) is 12.2. The van der Waals surface area contributed by atoms with E-state index in [-0.39, 0.29) is 42.7 Å². The average molecular weight is 350 g/mol. The predicted molar refractivity (Wildman–Crippen MR) is 88.9 cm³/mol. The molecule has 2 bridgehead atoms. The minimum absolute atomic E-state index is 0. The normalized spacial score (nSPS) is 29.7. The van der Waals surface area contributed by atoms with E-state index in [0.29, 0.717) is 17.7 Å². The van der Waals surface area contributed by atoms with Crippen molar-refractivity contribution in [1.82, 2.24) is 4.98 Å². The van der Waals surface area contributed by atoms with Crippen molar-refractivity contribution in [2.45, 2.75) is 38.1 Å². The standard InChI is InChI=1S/C15H20FN3O.2ClH/c16-12-4-5-13(18-8-12)19-15(20)11-6-9-2-1-3-10(7-11)14(9)17;;/h4-5,8-11,14H,1-3,6-7,17H2,(H,18,19,20);2*1H. The van der Waals surface area contributed by atoms with Crippen LogP contribution in [0.5, 0.6) is 0 Å². The number of anilines is 1. The van der Waals surface area contributed by atoms with Gasteiger partial charge in [0.1, 0.15) is 11.6 Å². The molecule has 1 aromatic heterocycles. The van der Waals surface area contributed by atoms with Crippen molar-refractivity contribution >= 4 is 36.5 Å². The third kappa shape index (κ3) is 4.09. The van der Waals surface area contributed by atoms with Crippen LogP contribution in [-0.2, 0) is 4.79 Å². The monoisotopic (exact) mass is 349 g/mol. The molecule has 3 N–H and O–H groups in total. The van der Waals surface area contributed by atoms with Gasteiger partial charge in [0.15, 0.2) is 0 Å². The largest absolute Gasteiger partial charge is 0.327 e. The van der Waals surface area contributed by atoms with E-state index in [1.54, 1.807) is 0 Å². The first-order valence-corrected chi connectivity index (χ1v) is 7.31. The molecule has 2 aliphatic carbocycles. The first-order chi connectivity index (χ1) is 9.63. The molecule has 4 nitrogen and oxygen atoms in total. The maximum Gasteiger partial charge on any atom is 0.228 e. The fraction of sp³-hybridized carbons (Fsp3) is 0.600. The van der Waals surface area contributed by atoms with E-state index in [2.05, 4.69) is 10.3 Å². The van der Waals surface area contributed by atoms with Gasteiger partial charge < -0.3 is 11.1 Å². The summed E-state index contributed by atoms with van der Waals surface area (Å²) in [7, 11) is 0. The van der Waals surface area contributed by atoms with Crippen LogP contribution in [0.2, 0.25) is 0 Å². The summed E-state index contributed by atoms with van der Waals surface area (Å²) in [6.45, 7) is 0. The number of hydrogen-bond donors (Lipinski definition) is 2. The molecule has 2 aliphatic rings. The molecule has 3 rings (SSSR count). The molecule has 0 radical (unpaired) electrons. The zero-order valence-corrected chi connectivity index (χ0v) is 13.8. The number of nitrogens with two attached hydrogens (primary N) is 1. The highest BCUT2D eigenvalue weighted by Crippen LogP contribution is 2.42. The third-order valence-electron chi connectivity index (χ3n) is 4.76. The van der Waals surface area contributed by atoms with Crippen LogP contribution < -0.4 is 11.1 Å². The Balaban J connectivity index is 0.00000121. The quantitative estimate of drug-likeness (QED) is 0.861. The molecule has 2 atom stereocenters. The predicted octanol–water partition coefficient (Wildman–Crippen LogP) is 3.16. The molecule has 0 spiro atoms. The molecule has 22 heavy (non-hydrogen) atoms. The lowest BCUT2D eigenvalue weighted by Gasteiger charge is -2.43. The van der Waals surface area contributed by atoms with Crippen molar-refractivity contribution in [1.29, 1.82) is 0 Å². The summed E-state index contributed by atoms with van der Waals surface area (Å²) in [4.78, 5) is 16.2. The Morgan fingerprint density at radius 3 is 2.41 bits per heavy atom. The van der Waals surface area contributed by atoms with E-state index in [1.165, 1.54) is 18.6 Å². The van der Waals surface area contributed by atoms with Gasteiger partial charge in [-0.05, 0) is 49.7 Å². The van der Waals surface area contributed by atoms with Crippen molar-refractivity contribution < 1.29 is 9.18 Å². The molecule has 1 amide bonds. The van der Waals surface area contributed by atoms with Gasteiger partial charge in [0.25, 0.3) is 0 Å². The Labute approximate surface area is 142 Å². The van der Waals surface area contributed by atoms with Crippen LogP contribution >= 0.6 is 24.8 Å². The molecule has 2 unspecified atom stereocenters. The summed E-state index contributed by atoms with van der Waals surface area (Å²) >= 11 is 0. The first kappa shape index (κ1) is 19.1. The van der Waals surface area contributed by atoms with Crippen molar-refractivity contribution in [3.05, 3.63) is 24.1 Å². The number of rotatable bonds is 2. The molecular formula is C15H22Cl2FN3O. The molecule has 1 heterocycles. The highest BCUT2D eigenvalue weighted by atomic mass is 35.5. The Hall–Kier alpha value is -0.910. The lowest BCUT2D eigenvalue weighted by atomic mass is 9.65. The summed E-state index contributed by atoms with van der Waals surface area (Å²) in [6, 6.07) is 3.05. The molecule has 0 saturated heterocycles. The van der Waals surface area contributed by atoms with Crippen LogP contribution in [0.15, 0.2) is 18.3 Å². The van der Waals surface area contributed by atoms with Crippen molar-refractivity contribution in [3.8, 4) is 0 Å². The fourth-order valence-corrected chi connectivity index (χ4v) is 3.68. The fourth-order valence-electron chi connectivity index (χ4n) is 3.68. The molecule has 2 fully saturated rings. The van der Waals surface area contributed by atoms with Crippen molar-refractivity contribution in [3.63, 3.8) is 0 Å². The minimum atomic E-state index is -0.402. The molecule has 2 saturated carbocycles. The SMILES string of the molecule is Cl.Cl.NC1C2CCCC1CC(C(=O)Nc1ccc(F)cn1)C2. The number of carbonyl (C=O) groups excluding carboxylic acids is 1. The Morgan fingerprint density at radius 1 is 1.23 bits per heavy atom. The second kappa shape index (κ2) is 8.09. The first-order valence-electron chi connectivity index (χ1n) is 7.31. The van der Waals surface area contributed by atoms with E-state index in [9.17, 15) is 9.18 Å². The van der Waals surface area contributed by atoms with Gasteiger partial charge in [0.2, 0.25) is 5.91 Å². The van der Waals surface area contributed by atoms with Gasteiger partial charge >= 0.3 is 0 Å². The van der Waals surface area contributed by atoms with Crippen LogP contribution in [0, 0.1) is 23.6 Å². The number of pyridine rings is 1. The summed E-state index contributed by atoms with van der Waals surface area (Å²) in [5, 5.41) is 2.79. The summed E-state index contributed by atoms with van der Waals surface area (Å²) in [5.41, 5.74) is 6.23. The van der Waals surface area contributed by atoms with Gasteiger partial charge in [0.05, 0.1) is 6.20 Å². The number of nitrogens with one attached hydrogen (secondary N) is 1. The average Bonchev–Trinajstić information content (AvgIpc) is 2.41. The van der Waals surface area contributed by atoms with Gasteiger partial charge in [-0.15, -0.1) is 24.8 Å². The number of halogens is 3. The third-order valence-corrected chi connectivity index (χ3v) is 4.76. The van der Waals surface area contributed by atoms with Gasteiger partial charge in [-0.3, -0.25) is 4.79 Å². The summed E-state index contributed by atoms with van der Waals surface area (Å²) in [6.07, 6.45) is 6.35. The molecule has 0 aliphatic heterocycles. The van der Waals surface area contributed by atoms with Gasteiger partial charge in [-0.2, -0.15) is 0 Å². The van der Waals surface area contributed by atoms with Crippen molar-refractivity contribution in [2.75, 3.05) is 5.32 Å². The van der Waals surface area contributed by atoms with E-state index < -0.39 is 5.82 Å². The van der Waals surface area contributed by atoms with Crippen LogP contribution in [-0.4, -0.2) is 16.9 Å². The number of fused-ring (bicyclic) bond motifs is 2. The summed E-state index contributed by atoms with van der Waals surface area (Å²) < 4.78 is 12.8. The van der Waals surface area contributed by atoms with Crippen molar-refractivity contribution in [2.24, 2.45) is 23.5 Å². The minimum Gasteiger partial charge on any atom is -0.327 e. The second-order valence-corrected chi connectivity index (χ2v) is 6.05. The maximum absolute atomic E-state index is 12.8. The van der Waals surface area contributed by atoms with E-state index in [1.807, 2.05) is 0 Å². The Kier molecular flexibility index (Phi) is 7.03. The molecule has 1 aromatic rings. The number of aromatic nitrogens is 1. The van der Waals surface area contributed by atoms with Gasteiger partial charge in [-0.25, -0.2) is 9.37 Å². The number of amides is 1. The topological polar surface area (TPSA) is 68.0 Å². The van der Waals surface area contributed by atoms with Gasteiger partial charge in [-0.1, -0.05) is 6.42 Å². The Bertz CT molecular complexity index is 486. The van der Waals surface area contributed by atoms with E-state index in [4.69, 9.17) is 5.73 Å². The lowest BCUT2D eigenvalue weighted by Crippen LogP contribution is -2.48. The highest BCUT2D eigenvalue weighted by Gasteiger charge is 2.40. The van der Waals surface area contributed by atoms with Gasteiger partial charge in [0, 0.05) is 12.0 Å². The smallest absolute Gasteiger partial charge is 0.228 e. The molecular weight excluding hydrogens is 328 g/mol. The number of nitrogens with zero attached hydrogens (tertiary/aromatic N) is 1. The highest BCUT2D eigenvalue weighted by molar-refractivity contribution is 5.91. The maximum atomic E-state index is 12.8. The van der Waals surface area contributed by atoms with E-state index in [0.717, 1.165) is 31.9 Å². The van der Waals surface area contributed by atoms with Crippen LogP contribution in [0.1, 0.15) is 32.1 Å².